The van der Waals surface area contributed by atoms with Crippen LogP contribution in [0.2, 0.25) is 0 Å². The van der Waals surface area contributed by atoms with Crippen LogP contribution in [0.5, 0.6) is 0 Å². The molecule has 0 saturated heterocycles. The summed E-state index contributed by atoms with van der Waals surface area (Å²) in [4.78, 5) is 41.2. The molecule has 0 aliphatic carbocycles. The first kappa shape index (κ1) is 34.8. The van der Waals surface area contributed by atoms with Crippen LogP contribution in [0.1, 0.15) is 11.1 Å². The van der Waals surface area contributed by atoms with Crippen LogP contribution in [0, 0.1) is 29.2 Å². The third-order valence-corrected chi connectivity index (χ3v) is 9.19. The number of aliphatic imine (C=N–C) groups is 6. The number of rotatable bonds is 6. The van der Waals surface area contributed by atoms with E-state index in [0.717, 1.165) is 17.1 Å². The van der Waals surface area contributed by atoms with Crippen LogP contribution in [0.3, 0.4) is 0 Å². The number of hydrogen-bond acceptors (Lipinski definition) is 12. The fourth-order valence-corrected chi connectivity index (χ4v) is 6.47. The van der Waals surface area contributed by atoms with E-state index in [2.05, 4.69) is 17.0 Å². The molecule has 0 fully saturated rings. The Bertz CT molecular complexity index is 2530. The molecule has 3 heterocycles. The quantitative estimate of drug-likeness (QED) is 0.156. The molecule has 0 aromatic heterocycles. The van der Waals surface area contributed by atoms with Crippen molar-refractivity contribution in [1.82, 2.24) is 4.90 Å². The maximum atomic E-state index is 9.58. The SMILES string of the molecule is [C-]#[N+]c1ccc(N(C2=NC3=NC(N(c4ccccc4)c4ccc(C#N)cc4)=NC4=NC(N(c5ccccc5)c5ccc(C#N)cc5)=NC(=N2)N43)c2ccccc2)cc1. The van der Waals surface area contributed by atoms with Gasteiger partial charge in [-0.3, -0.25) is 14.7 Å². The largest absolute Gasteiger partial charge is 0.279 e. The predicted molar refractivity (Wildman–Crippen MR) is 227 cm³/mol. The minimum atomic E-state index is 0.211. The summed E-state index contributed by atoms with van der Waals surface area (Å²) in [7, 11) is 0. The summed E-state index contributed by atoms with van der Waals surface area (Å²) in [6, 6.07) is 54.9. The van der Waals surface area contributed by atoms with Gasteiger partial charge >= 0.3 is 0 Å². The first-order chi connectivity index (χ1) is 28.6. The van der Waals surface area contributed by atoms with E-state index in [1.807, 2.05) is 142 Å². The number of anilines is 6. The standard InChI is InChI=1S/C45H27N13/c1-48-33-21-27-39(28-22-33)57(36-15-9-4-10-16-36)42-53-44-51-40(55(34-11-5-2-6-12-34)37-23-17-31(29-46)18-24-37)49-43-50-41(52-45(54-42)58(43)44)56(35-13-7-3-8-14-35)38-25-19-32(30-47)20-26-38/h2-28H. The lowest BCUT2D eigenvalue weighted by molar-refractivity contribution is 0.821. The highest BCUT2D eigenvalue weighted by atomic mass is 15.6. The summed E-state index contributed by atoms with van der Waals surface area (Å²) in [6.07, 6.45) is 0. The second-order valence-corrected chi connectivity index (χ2v) is 12.8. The summed E-state index contributed by atoms with van der Waals surface area (Å²) < 4.78 is 0. The van der Waals surface area contributed by atoms with Crippen LogP contribution >= 0.6 is 0 Å². The summed E-state index contributed by atoms with van der Waals surface area (Å²) >= 11 is 0. The van der Waals surface area contributed by atoms with Crippen molar-refractivity contribution < 1.29 is 0 Å². The Labute approximate surface area is 333 Å². The second kappa shape index (κ2) is 15.0. The topological polar surface area (TPSA) is 139 Å². The fraction of sp³-hybridized carbons (Fsp3) is 0. The molecule has 0 radical (unpaired) electrons. The molecule has 0 N–H and O–H groups in total. The lowest BCUT2D eigenvalue weighted by atomic mass is 10.2. The van der Waals surface area contributed by atoms with E-state index in [-0.39, 0.29) is 35.8 Å². The van der Waals surface area contributed by atoms with Gasteiger partial charge in [-0.2, -0.15) is 40.5 Å². The Morgan fingerprint density at radius 3 is 0.983 bits per heavy atom. The lowest BCUT2D eigenvalue weighted by Gasteiger charge is -2.36. The molecule has 0 atom stereocenters. The summed E-state index contributed by atoms with van der Waals surface area (Å²) in [5, 5.41) is 19.2. The van der Waals surface area contributed by atoms with E-state index in [0.29, 0.717) is 33.9 Å². The fourth-order valence-electron chi connectivity index (χ4n) is 6.47. The van der Waals surface area contributed by atoms with Crippen molar-refractivity contribution in [2.24, 2.45) is 30.0 Å². The molecular formula is C45H27N13. The number of guanidine groups is 6. The zero-order valence-corrected chi connectivity index (χ0v) is 30.4. The normalized spacial score (nSPS) is 13.7. The lowest BCUT2D eigenvalue weighted by Crippen LogP contribution is -2.51. The summed E-state index contributed by atoms with van der Waals surface area (Å²) in [6.45, 7) is 7.53. The van der Waals surface area contributed by atoms with Gasteiger partial charge in [0.2, 0.25) is 35.8 Å². The second-order valence-electron chi connectivity index (χ2n) is 12.8. The van der Waals surface area contributed by atoms with Crippen molar-refractivity contribution in [3.63, 3.8) is 0 Å². The minimum absolute atomic E-state index is 0.211. The molecule has 3 aliphatic heterocycles. The van der Waals surface area contributed by atoms with Crippen LogP contribution in [0.4, 0.5) is 39.8 Å². The van der Waals surface area contributed by atoms with Crippen molar-refractivity contribution in [1.29, 1.82) is 10.5 Å². The maximum absolute atomic E-state index is 9.58. The molecule has 272 valence electrons. The molecule has 6 aromatic carbocycles. The van der Waals surface area contributed by atoms with E-state index in [1.54, 1.807) is 41.3 Å². The molecular weight excluding hydrogens is 723 g/mol. The molecule has 0 amide bonds. The van der Waals surface area contributed by atoms with E-state index in [1.165, 1.54) is 0 Å². The van der Waals surface area contributed by atoms with Gasteiger partial charge in [0.05, 0.1) is 29.8 Å². The van der Waals surface area contributed by atoms with E-state index in [4.69, 9.17) is 36.5 Å². The smallest absolute Gasteiger partial charge is 0.246 e. The van der Waals surface area contributed by atoms with Gasteiger partial charge in [-0.25, -0.2) is 9.74 Å². The van der Waals surface area contributed by atoms with Gasteiger partial charge < -0.3 is 0 Å². The maximum Gasteiger partial charge on any atom is 0.246 e. The Balaban J connectivity index is 1.28. The highest BCUT2D eigenvalue weighted by molar-refractivity contribution is 6.34. The Kier molecular flexibility index (Phi) is 9.01. The highest BCUT2D eigenvalue weighted by Crippen LogP contribution is 2.34. The Morgan fingerprint density at radius 2 is 0.690 bits per heavy atom. The highest BCUT2D eigenvalue weighted by Gasteiger charge is 2.39. The molecule has 0 unspecified atom stereocenters. The van der Waals surface area contributed by atoms with Gasteiger partial charge in [0.25, 0.3) is 0 Å². The predicted octanol–water partition coefficient (Wildman–Crippen LogP) is 9.27. The van der Waals surface area contributed by atoms with Crippen LogP contribution in [0.15, 0.2) is 194 Å². The van der Waals surface area contributed by atoms with Crippen LogP contribution in [0.25, 0.3) is 4.85 Å². The van der Waals surface area contributed by atoms with E-state index in [9.17, 15) is 10.5 Å². The molecule has 58 heavy (non-hydrogen) atoms. The van der Waals surface area contributed by atoms with Crippen molar-refractivity contribution in [2.45, 2.75) is 0 Å². The summed E-state index contributed by atoms with van der Waals surface area (Å²) in [5.74, 6) is 1.40. The number of benzene rings is 6. The Morgan fingerprint density at radius 1 is 0.397 bits per heavy atom. The average Bonchev–Trinajstić information content (AvgIpc) is 3.28. The molecule has 9 rings (SSSR count). The van der Waals surface area contributed by atoms with Crippen LogP contribution in [-0.2, 0) is 0 Å². The zero-order chi connectivity index (χ0) is 39.4. The molecule has 3 aliphatic rings. The minimum Gasteiger partial charge on any atom is -0.279 e. The number of nitrogens with zero attached hydrogens (tertiary/aromatic N) is 13. The Hall–Kier alpha value is -8.99. The van der Waals surface area contributed by atoms with E-state index >= 15 is 0 Å². The first-order valence-corrected chi connectivity index (χ1v) is 18.0. The van der Waals surface area contributed by atoms with E-state index < -0.39 is 0 Å². The molecule has 0 spiro atoms. The monoisotopic (exact) mass is 749 g/mol. The number of para-hydroxylation sites is 3. The molecule has 0 bridgehead atoms. The molecule has 0 saturated carbocycles. The molecule has 6 aromatic rings. The van der Waals surface area contributed by atoms with Gasteiger partial charge in [-0.15, -0.1) is 0 Å². The van der Waals surface area contributed by atoms with Gasteiger partial charge in [0.15, 0.2) is 5.69 Å². The van der Waals surface area contributed by atoms with Crippen molar-refractivity contribution in [3.05, 3.63) is 186 Å². The molecule has 13 nitrogen and oxygen atoms in total. The van der Waals surface area contributed by atoms with Crippen molar-refractivity contribution in [2.75, 3.05) is 14.7 Å². The van der Waals surface area contributed by atoms with Crippen molar-refractivity contribution in [3.8, 4) is 12.1 Å². The first-order valence-electron chi connectivity index (χ1n) is 18.0. The summed E-state index contributed by atoms with van der Waals surface area (Å²) in [5.41, 5.74) is 5.91. The van der Waals surface area contributed by atoms with Gasteiger partial charge in [-0.05, 0) is 97.1 Å². The zero-order valence-electron chi connectivity index (χ0n) is 30.4. The van der Waals surface area contributed by atoms with Crippen molar-refractivity contribution >= 4 is 75.6 Å². The third-order valence-electron chi connectivity index (χ3n) is 9.19. The average molecular weight is 750 g/mol. The third kappa shape index (κ3) is 6.58. The van der Waals surface area contributed by atoms with Crippen LogP contribution in [-0.4, -0.2) is 40.7 Å². The van der Waals surface area contributed by atoms with Gasteiger partial charge in [0.1, 0.15) is 0 Å². The van der Waals surface area contributed by atoms with Crippen LogP contribution < -0.4 is 14.7 Å². The number of nitriles is 2. The van der Waals surface area contributed by atoms with Gasteiger partial charge in [-0.1, -0.05) is 66.7 Å². The number of hydrogen-bond donors (Lipinski definition) is 0. The van der Waals surface area contributed by atoms with Gasteiger partial charge in [0, 0.05) is 34.1 Å². The molecule has 13 heteroatoms.